The van der Waals surface area contributed by atoms with Gasteiger partial charge in [-0.05, 0) is 23.6 Å². The fourth-order valence-corrected chi connectivity index (χ4v) is 2.77. The van der Waals surface area contributed by atoms with Crippen molar-refractivity contribution in [1.29, 1.82) is 0 Å². The molecule has 0 saturated carbocycles. The largest absolute Gasteiger partial charge is 0.383 e. The summed E-state index contributed by atoms with van der Waals surface area (Å²) in [6.07, 6.45) is 0. The molecule has 0 heterocycles. The van der Waals surface area contributed by atoms with E-state index in [0.29, 0.717) is 13.2 Å². The standard InChI is InChI=1S/C15H25N3O4S/c1-11(2)14(16)15(19)17-10-12-4-6-13(7-5-12)23(20,21)18-8-9-22-3/h4-7,11,14,18H,8-10,16H2,1-3H3,(H,17,19)/t14-/m0/s1. The van der Waals surface area contributed by atoms with Gasteiger partial charge in [0.25, 0.3) is 0 Å². The van der Waals surface area contributed by atoms with Gasteiger partial charge >= 0.3 is 0 Å². The van der Waals surface area contributed by atoms with Crippen molar-refractivity contribution in [2.45, 2.75) is 31.3 Å². The summed E-state index contributed by atoms with van der Waals surface area (Å²) in [4.78, 5) is 11.9. The number of ether oxygens (including phenoxy) is 1. The second-order valence-corrected chi connectivity index (χ2v) is 7.29. The van der Waals surface area contributed by atoms with E-state index in [2.05, 4.69) is 10.0 Å². The molecule has 7 nitrogen and oxygen atoms in total. The molecule has 1 atom stereocenters. The first-order valence-corrected chi connectivity index (χ1v) is 8.87. The minimum Gasteiger partial charge on any atom is -0.383 e. The molecule has 1 aromatic carbocycles. The Balaban J connectivity index is 2.61. The van der Waals surface area contributed by atoms with Crippen molar-refractivity contribution in [3.05, 3.63) is 29.8 Å². The topological polar surface area (TPSA) is 111 Å². The maximum atomic E-state index is 12.0. The van der Waals surface area contributed by atoms with Gasteiger partial charge in [-0.2, -0.15) is 0 Å². The first-order chi connectivity index (χ1) is 10.8. The zero-order valence-electron chi connectivity index (χ0n) is 13.7. The summed E-state index contributed by atoms with van der Waals surface area (Å²) in [7, 11) is -2.04. The van der Waals surface area contributed by atoms with Gasteiger partial charge in [-0.15, -0.1) is 0 Å². The van der Waals surface area contributed by atoms with Crippen LogP contribution in [0.2, 0.25) is 0 Å². The van der Waals surface area contributed by atoms with E-state index in [4.69, 9.17) is 10.5 Å². The molecule has 130 valence electrons. The van der Waals surface area contributed by atoms with Crippen molar-refractivity contribution >= 4 is 15.9 Å². The molecule has 0 radical (unpaired) electrons. The minimum absolute atomic E-state index is 0.0562. The summed E-state index contributed by atoms with van der Waals surface area (Å²) in [6.45, 7) is 4.57. The maximum absolute atomic E-state index is 12.0. The summed E-state index contributed by atoms with van der Waals surface area (Å²) in [6, 6.07) is 5.76. The number of hydrogen-bond acceptors (Lipinski definition) is 5. The third-order valence-corrected chi connectivity index (χ3v) is 4.80. The molecular formula is C15H25N3O4S. The highest BCUT2D eigenvalue weighted by Gasteiger charge is 2.17. The van der Waals surface area contributed by atoms with Gasteiger partial charge in [0.15, 0.2) is 0 Å². The second-order valence-electron chi connectivity index (χ2n) is 5.52. The lowest BCUT2D eigenvalue weighted by Crippen LogP contribution is -2.43. The number of carbonyl (C=O) groups excluding carboxylic acids is 1. The molecule has 8 heteroatoms. The maximum Gasteiger partial charge on any atom is 0.240 e. The third-order valence-electron chi connectivity index (χ3n) is 3.32. The summed E-state index contributed by atoms with van der Waals surface area (Å²) >= 11 is 0. The highest BCUT2D eigenvalue weighted by Crippen LogP contribution is 2.10. The predicted octanol–water partition coefficient (Wildman–Crippen LogP) is 0.211. The highest BCUT2D eigenvalue weighted by molar-refractivity contribution is 7.89. The lowest BCUT2D eigenvalue weighted by atomic mass is 10.0. The molecule has 1 amide bonds. The quantitative estimate of drug-likeness (QED) is 0.555. The molecule has 1 rings (SSSR count). The van der Waals surface area contributed by atoms with E-state index in [1.54, 1.807) is 12.1 Å². The molecule has 0 aliphatic rings. The third kappa shape index (κ3) is 6.26. The van der Waals surface area contributed by atoms with E-state index >= 15 is 0 Å². The Hall–Kier alpha value is -1.48. The number of amides is 1. The van der Waals surface area contributed by atoms with Gasteiger partial charge < -0.3 is 15.8 Å². The summed E-state index contributed by atoms with van der Waals surface area (Å²) in [5.41, 5.74) is 6.55. The summed E-state index contributed by atoms with van der Waals surface area (Å²) in [5, 5.41) is 2.73. The normalized spacial score (nSPS) is 13.1. The van der Waals surface area contributed by atoms with Gasteiger partial charge in [0.1, 0.15) is 0 Å². The average molecular weight is 343 g/mol. The Bertz CT molecular complexity index is 600. The molecule has 23 heavy (non-hydrogen) atoms. The zero-order chi connectivity index (χ0) is 17.5. The van der Waals surface area contributed by atoms with Crippen LogP contribution in [-0.2, 0) is 26.1 Å². The van der Waals surface area contributed by atoms with E-state index in [9.17, 15) is 13.2 Å². The smallest absolute Gasteiger partial charge is 0.240 e. The second kappa shape index (κ2) is 8.97. The number of nitrogens with two attached hydrogens (primary N) is 1. The molecule has 1 aromatic rings. The van der Waals surface area contributed by atoms with Crippen LogP contribution in [0.4, 0.5) is 0 Å². The van der Waals surface area contributed by atoms with E-state index in [0.717, 1.165) is 5.56 Å². The van der Waals surface area contributed by atoms with Crippen LogP contribution in [0.15, 0.2) is 29.2 Å². The highest BCUT2D eigenvalue weighted by atomic mass is 32.2. The molecule has 0 unspecified atom stereocenters. The fraction of sp³-hybridized carbons (Fsp3) is 0.533. The van der Waals surface area contributed by atoms with Crippen LogP contribution in [0.1, 0.15) is 19.4 Å². The first-order valence-electron chi connectivity index (χ1n) is 7.38. The van der Waals surface area contributed by atoms with Crippen LogP contribution in [0.3, 0.4) is 0 Å². The number of methoxy groups -OCH3 is 1. The van der Waals surface area contributed by atoms with Crippen molar-refractivity contribution in [2.75, 3.05) is 20.3 Å². The van der Waals surface area contributed by atoms with Crippen LogP contribution < -0.4 is 15.8 Å². The molecular weight excluding hydrogens is 318 g/mol. The van der Waals surface area contributed by atoms with Gasteiger partial charge in [-0.25, -0.2) is 13.1 Å². The van der Waals surface area contributed by atoms with Gasteiger partial charge in [0, 0.05) is 20.2 Å². The zero-order valence-corrected chi connectivity index (χ0v) is 14.5. The SMILES string of the molecule is COCCNS(=O)(=O)c1ccc(CNC(=O)[C@@H](N)C(C)C)cc1. The minimum atomic E-state index is -3.54. The van der Waals surface area contributed by atoms with Crippen LogP contribution >= 0.6 is 0 Å². The van der Waals surface area contributed by atoms with Crippen molar-refractivity contribution in [2.24, 2.45) is 11.7 Å². The monoisotopic (exact) mass is 343 g/mol. The van der Waals surface area contributed by atoms with Crippen molar-refractivity contribution in [3.63, 3.8) is 0 Å². The molecule has 0 fully saturated rings. The van der Waals surface area contributed by atoms with E-state index in [-0.39, 0.29) is 23.3 Å². The molecule has 0 aromatic heterocycles. The van der Waals surface area contributed by atoms with Crippen molar-refractivity contribution in [1.82, 2.24) is 10.0 Å². The van der Waals surface area contributed by atoms with Crippen LogP contribution in [-0.4, -0.2) is 40.6 Å². The Morgan fingerprint density at radius 1 is 1.26 bits per heavy atom. The number of nitrogens with one attached hydrogen (secondary N) is 2. The number of rotatable bonds is 9. The van der Waals surface area contributed by atoms with Gasteiger partial charge in [0.05, 0.1) is 17.5 Å². The lowest BCUT2D eigenvalue weighted by Gasteiger charge is -2.15. The molecule has 0 saturated heterocycles. The van der Waals surface area contributed by atoms with Gasteiger partial charge in [-0.1, -0.05) is 26.0 Å². The van der Waals surface area contributed by atoms with Crippen LogP contribution in [0, 0.1) is 5.92 Å². The van der Waals surface area contributed by atoms with E-state index in [1.807, 2.05) is 13.8 Å². The summed E-state index contributed by atoms with van der Waals surface area (Å²) < 4.78 is 31.2. The Morgan fingerprint density at radius 3 is 2.39 bits per heavy atom. The number of carbonyl (C=O) groups is 1. The first kappa shape index (κ1) is 19.6. The van der Waals surface area contributed by atoms with E-state index < -0.39 is 16.1 Å². The number of hydrogen-bond donors (Lipinski definition) is 3. The van der Waals surface area contributed by atoms with Crippen molar-refractivity contribution in [3.8, 4) is 0 Å². The van der Waals surface area contributed by atoms with E-state index in [1.165, 1.54) is 19.2 Å². The molecule has 0 spiro atoms. The van der Waals surface area contributed by atoms with Gasteiger partial charge in [0.2, 0.25) is 15.9 Å². The summed E-state index contributed by atoms with van der Waals surface area (Å²) in [5.74, 6) is -0.168. The predicted molar refractivity (Wildman–Crippen MR) is 88.2 cm³/mol. The van der Waals surface area contributed by atoms with Crippen LogP contribution in [0.5, 0.6) is 0 Å². The Labute approximate surface area is 137 Å². The fourth-order valence-electron chi connectivity index (χ4n) is 1.76. The molecule has 0 aliphatic carbocycles. The lowest BCUT2D eigenvalue weighted by molar-refractivity contribution is -0.123. The molecule has 0 bridgehead atoms. The Morgan fingerprint density at radius 2 is 1.87 bits per heavy atom. The molecule has 0 aliphatic heterocycles. The van der Waals surface area contributed by atoms with Crippen LogP contribution in [0.25, 0.3) is 0 Å². The number of benzene rings is 1. The van der Waals surface area contributed by atoms with Crippen molar-refractivity contribution < 1.29 is 17.9 Å². The number of sulfonamides is 1. The van der Waals surface area contributed by atoms with Gasteiger partial charge in [-0.3, -0.25) is 4.79 Å². The Kier molecular flexibility index (Phi) is 7.63. The molecule has 4 N–H and O–H groups in total. The average Bonchev–Trinajstić information content (AvgIpc) is 2.52.